The van der Waals surface area contributed by atoms with E-state index in [9.17, 15) is 14.0 Å². The van der Waals surface area contributed by atoms with E-state index in [1.54, 1.807) is 38.5 Å². The zero-order valence-electron chi connectivity index (χ0n) is 17.3. The normalized spacial score (nSPS) is 18.0. The van der Waals surface area contributed by atoms with Gasteiger partial charge in [0.2, 0.25) is 11.8 Å². The quantitative estimate of drug-likeness (QED) is 0.661. The number of hydrogen-bond donors (Lipinski definition) is 2. The van der Waals surface area contributed by atoms with E-state index in [1.807, 2.05) is 6.07 Å². The van der Waals surface area contributed by atoms with Gasteiger partial charge in [0.25, 0.3) is 0 Å². The lowest BCUT2D eigenvalue weighted by atomic mass is 9.85. The summed E-state index contributed by atoms with van der Waals surface area (Å²) in [5.41, 5.74) is 1.26. The molecule has 1 aliphatic heterocycles. The zero-order chi connectivity index (χ0) is 21.6. The van der Waals surface area contributed by atoms with E-state index in [-0.39, 0.29) is 24.1 Å². The van der Waals surface area contributed by atoms with Crippen LogP contribution < -0.4 is 20.1 Å². The van der Waals surface area contributed by atoms with Gasteiger partial charge in [-0.3, -0.25) is 9.59 Å². The van der Waals surface area contributed by atoms with Crippen molar-refractivity contribution in [3.63, 3.8) is 0 Å². The van der Waals surface area contributed by atoms with Crippen molar-refractivity contribution in [2.45, 2.75) is 44.2 Å². The van der Waals surface area contributed by atoms with E-state index in [4.69, 9.17) is 9.47 Å². The van der Waals surface area contributed by atoms with Crippen molar-refractivity contribution in [1.82, 2.24) is 10.6 Å². The van der Waals surface area contributed by atoms with Crippen LogP contribution in [0.4, 0.5) is 4.39 Å². The van der Waals surface area contributed by atoms with Gasteiger partial charge in [0, 0.05) is 30.5 Å². The molecule has 7 heteroatoms. The standard InChI is InChI=1S/C23H27FN2O4/c1-29-19-7-8-20(30-2)17(13-19)15-25-21(27)9-11-23(12-10-22(28)26-23)14-16-3-5-18(24)6-4-16/h3-8,13H,9-12,14-15H2,1-2H3,(H,25,27)(H,26,28)/t23-/m1/s1. The number of carbonyl (C=O) groups excluding carboxylic acids is 2. The smallest absolute Gasteiger partial charge is 0.220 e. The first-order valence-corrected chi connectivity index (χ1v) is 9.96. The molecule has 0 unspecified atom stereocenters. The number of halogens is 1. The largest absolute Gasteiger partial charge is 0.497 e. The second-order valence-corrected chi connectivity index (χ2v) is 7.59. The highest BCUT2D eigenvalue weighted by Crippen LogP contribution is 2.30. The van der Waals surface area contributed by atoms with Crippen LogP contribution in [0.25, 0.3) is 0 Å². The molecular weight excluding hydrogens is 387 g/mol. The summed E-state index contributed by atoms with van der Waals surface area (Å²) in [6, 6.07) is 11.7. The molecule has 3 rings (SSSR count). The van der Waals surface area contributed by atoms with Gasteiger partial charge < -0.3 is 20.1 Å². The van der Waals surface area contributed by atoms with Gasteiger partial charge in [-0.05, 0) is 55.2 Å². The summed E-state index contributed by atoms with van der Waals surface area (Å²) in [5.74, 6) is 0.938. The Labute approximate surface area is 175 Å². The lowest BCUT2D eigenvalue weighted by molar-refractivity contribution is -0.122. The maximum Gasteiger partial charge on any atom is 0.220 e. The molecule has 0 radical (unpaired) electrons. The topological polar surface area (TPSA) is 76.7 Å². The predicted octanol–water partition coefficient (Wildman–Crippen LogP) is 3.13. The molecule has 0 aromatic heterocycles. The van der Waals surface area contributed by atoms with E-state index in [0.717, 1.165) is 11.1 Å². The van der Waals surface area contributed by atoms with E-state index in [0.29, 0.717) is 43.7 Å². The Morgan fingerprint density at radius 1 is 1.17 bits per heavy atom. The van der Waals surface area contributed by atoms with E-state index < -0.39 is 5.54 Å². The Balaban J connectivity index is 1.60. The molecule has 2 aromatic carbocycles. The molecule has 2 amide bonds. The first-order valence-electron chi connectivity index (χ1n) is 9.96. The van der Waals surface area contributed by atoms with Crippen LogP contribution in [-0.4, -0.2) is 31.6 Å². The average Bonchev–Trinajstić information content (AvgIpc) is 3.12. The van der Waals surface area contributed by atoms with Crippen molar-refractivity contribution in [2.75, 3.05) is 14.2 Å². The fourth-order valence-corrected chi connectivity index (χ4v) is 3.83. The fraction of sp³-hybridized carbons (Fsp3) is 0.391. The van der Waals surface area contributed by atoms with Gasteiger partial charge in [-0.1, -0.05) is 12.1 Å². The van der Waals surface area contributed by atoms with Crippen molar-refractivity contribution in [1.29, 1.82) is 0 Å². The molecule has 0 saturated carbocycles. The second-order valence-electron chi connectivity index (χ2n) is 7.59. The minimum absolute atomic E-state index is 0.0152. The number of hydrogen-bond acceptors (Lipinski definition) is 4. The molecule has 0 bridgehead atoms. The SMILES string of the molecule is COc1ccc(OC)c(CNC(=O)CC[C@]2(Cc3ccc(F)cc3)CCC(=O)N2)c1. The van der Waals surface area contributed by atoms with Crippen LogP contribution >= 0.6 is 0 Å². The van der Waals surface area contributed by atoms with Gasteiger partial charge in [0.05, 0.1) is 14.2 Å². The maximum absolute atomic E-state index is 13.2. The minimum Gasteiger partial charge on any atom is -0.497 e. The van der Waals surface area contributed by atoms with Crippen LogP contribution in [0.1, 0.15) is 36.8 Å². The van der Waals surface area contributed by atoms with Gasteiger partial charge in [0.15, 0.2) is 0 Å². The predicted molar refractivity (Wildman–Crippen MR) is 111 cm³/mol. The minimum atomic E-state index is -0.486. The number of nitrogens with one attached hydrogen (secondary N) is 2. The number of carbonyl (C=O) groups is 2. The van der Waals surface area contributed by atoms with Crippen molar-refractivity contribution in [2.24, 2.45) is 0 Å². The number of rotatable bonds is 9. The van der Waals surface area contributed by atoms with Crippen molar-refractivity contribution in [3.05, 3.63) is 59.4 Å². The average molecular weight is 414 g/mol. The highest BCUT2D eigenvalue weighted by atomic mass is 19.1. The molecule has 0 spiro atoms. The summed E-state index contributed by atoms with van der Waals surface area (Å²) in [6.45, 7) is 0.316. The molecule has 0 aliphatic carbocycles. The van der Waals surface area contributed by atoms with Crippen LogP contribution in [0.15, 0.2) is 42.5 Å². The highest BCUT2D eigenvalue weighted by molar-refractivity contribution is 5.80. The molecule has 30 heavy (non-hydrogen) atoms. The van der Waals surface area contributed by atoms with Gasteiger partial charge >= 0.3 is 0 Å². The Morgan fingerprint density at radius 2 is 1.93 bits per heavy atom. The van der Waals surface area contributed by atoms with Crippen LogP contribution in [0.2, 0.25) is 0 Å². The first kappa shape index (κ1) is 21.6. The zero-order valence-corrected chi connectivity index (χ0v) is 17.3. The summed E-state index contributed by atoms with van der Waals surface area (Å²) in [4.78, 5) is 24.4. The Bertz CT molecular complexity index is 901. The number of methoxy groups -OCH3 is 2. The molecule has 6 nitrogen and oxygen atoms in total. The lowest BCUT2D eigenvalue weighted by Crippen LogP contribution is -2.44. The third-order valence-corrected chi connectivity index (χ3v) is 5.49. The van der Waals surface area contributed by atoms with Crippen molar-refractivity contribution in [3.8, 4) is 11.5 Å². The van der Waals surface area contributed by atoms with Gasteiger partial charge in [-0.25, -0.2) is 4.39 Å². The summed E-state index contributed by atoms with van der Waals surface area (Å²) in [5, 5.41) is 5.96. The monoisotopic (exact) mass is 414 g/mol. The van der Waals surface area contributed by atoms with Crippen LogP contribution in [-0.2, 0) is 22.6 Å². The molecule has 1 atom stereocenters. The number of ether oxygens (including phenoxy) is 2. The molecule has 1 aliphatic rings. The number of benzene rings is 2. The van der Waals surface area contributed by atoms with Crippen LogP contribution in [0.5, 0.6) is 11.5 Å². The summed E-state index contributed by atoms with van der Waals surface area (Å²) < 4.78 is 23.8. The first-order chi connectivity index (χ1) is 14.4. The summed E-state index contributed by atoms with van der Waals surface area (Å²) in [6.07, 6.45) is 2.44. The van der Waals surface area contributed by atoms with Gasteiger partial charge in [0.1, 0.15) is 17.3 Å². The van der Waals surface area contributed by atoms with E-state index in [2.05, 4.69) is 10.6 Å². The third-order valence-electron chi connectivity index (χ3n) is 5.49. The van der Waals surface area contributed by atoms with E-state index >= 15 is 0 Å². The Morgan fingerprint density at radius 3 is 2.57 bits per heavy atom. The van der Waals surface area contributed by atoms with Crippen LogP contribution in [0.3, 0.4) is 0 Å². The Kier molecular flexibility index (Phi) is 6.92. The number of amides is 2. The third kappa shape index (κ3) is 5.49. The van der Waals surface area contributed by atoms with Gasteiger partial charge in [-0.2, -0.15) is 0 Å². The van der Waals surface area contributed by atoms with Crippen LogP contribution in [0, 0.1) is 5.82 Å². The Hall–Kier alpha value is -3.09. The molecule has 1 fully saturated rings. The molecular formula is C23H27FN2O4. The molecule has 160 valence electrons. The van der Waals surface area contributed by atoms with Gasteiger partial charge in [-0.15, -0.1) is 0 Å². The van der Waals surface area contributed by atoms with Crippen molar-refractivity contribution < 1.29 is 23.5 Å². The second kappa shape index (κ2) is 9.61. The molecule has 2 aromatic rings. The molecule has 2 N–H and O–H groups in total. The molecule has 1 saturated heterocycles. The molecule has 1 heterocycles. The van der Waals surface area contributed by atoms with Crippen molar-refractivity contribution >= 4 is 11.8 Å². The van der Waals surface area contributed by atoms with E-state index in [1.165, 1.54) is 12.1 Å². The summed E-state index contributed by atoms with van der Waals surface area (Å²) in [7, 11) is 3.16. The highest BCUT2D eigenvalue weighted by Gasteiger charge is 2.37. The lowest BCUT2D eigenvalue weighted by Gasteiger charge is -2.29. The summed E-state index contributed by atoms with van der Waals surface area (Å²) >= 11 is 0. The fourth-order valence-electron chi connectivity index (χ4n) is 3.83. The maximum atomic E-state index is 13.2.